The fourth-order valence-electron chi connectivity index (χ4n) is 3.56. The van der Waals surface area contributed by atoms with Gasteiger partial charge in [0.2, 0.25) is 0 Å². The maximum Gasteiger partial charge on any atom is 0.331 e. The number of carboxylic acids is 1. The highest BCUT2D eigenvalue weighted by Gasteiger charge is 2.32. The third-order valence-corrected chi connectivity index (χ3v) is 4.59. The van der Waals surface area contributed by atoms with Crippen molar-refractivity contribution in [2.75, 3.05) is 13.1 Å². The number of carbonyl (C=O) groups is 1. The van der Waals surface area contributed by atoms with Crippen LogP contribution in [0.25, 0.3) is 0 Å². The standard InChI is InChI=1S/C15H25NO2/c1-2-12(15(17)18)9-11-16-10-5-7-13-6-3-4-8-14(13)16/h9,13-14H,2-8,10-11H2,1H3,(H,17,18)/t13-,14-/m1/s1. The van der Waals surface area contributed by atoms with Crippen molar-refractivity contribution >= 4 is 5.97 Å². The molecule has 1 heterocycles. The largest absolute Gasteiger partial charge is 0.478 e. The second-order valence-corrected chi connectivity index (χ2v) is 5.64. The zero-order valence-corrected chi connectivity index (χ0v) is 11.4. The Labute approximate surface area is 110 Å². The van der Waals surface area contributed by atoms with Crippen LogP contribution in [0, 0.1) is 5.92 Å². The number of carboxylic acid groups (broad SMARTS) is 1. The maximum absolute atomic E-state index is 11.0. The van der Waals surface area contributed by atoms with Gasteiger partial charge in [0.1, 0.15) is 0 Å². The van der Waals surface area contributed by atoms with E-state index in [4.69, 9.17) is 5.11 Å². The van der Waals surface area contributed by atoms with Crippen LogP contribution in [0.15, 0.2) is 11.6 Å². The summed E-state index contributed by atoms with van der Waals surface area (Å²) in [5.74, 6) is 0.116. The lowest BCUT2D eigenvalue weighted by Gasteiger charge is -2.43. The normalized spacial score (nSPS) is 29.9. The molecule has 1 aliphatic carbocycles. The van der Waals surface area contributed by atoms with Crippen molar-refractivity contribution in [1.82, 2.24) is 4.90 Å². The molecule has 1 aliphatic heterocycles. The molecule has 18 heavy (non-hydrogen) atoms. The van der Waals surface area contributed by atoms with E-state index in [1.165, 1.54) is 38.5 Å². The van der Waals surface area contributed by atoms with Gasteiger partial charge in [-0.2, -0.15) is 0 Å². The molecule has 3 heteroatoms. The summed E-state index contributed by atoms with van der Waals surface area (Å²) in [6.45, 7) is 3.89. The molecule has 0 aromatic rings. The summed E-state index contributed by atoms with van der Waals surface area (Å²) in [6, 6.07) is 0.718. The molecule has 1 saturated carbocycles. The van der Waals surface area contributed by atoms with E-state index in [-0.39, 0.29) is 0 Å². The summed E-state index contributed by atoms with van der Waals surface area (Å²) in [5, 5.41) is 9.05. The zero-order valence-electron chi connectivity index (χ0n) is 11.4. The minimum absolute atomic E-state index is 0.563. The number of fused-ring (bicyclic) bond motifs is 1. The Morgan fingerprint density at radius 1 is 1.28 bits per heavy atom. The minimum Gasteiger partial charge on any atom is -0.478 e. The molecule has 3 nitrogen and oxygen atoms in total. The maximum atomic E-state index is 11.0. The molecule has 0 aromatic carbocycles. The lowest BCUT2D eigenvalue weighted by molar-refractivity contribution is -0.132. The molecule has 2 atom stereocenters. The van der Waals surface area contributed by atoms with Crippen molar-refractivity contribution in [3.63, 3.8) is 0 Å². The molecular formula is C15H25NO2. The van der Waals surface area contributed by atoms with Crippen LogP contribution in [0.5, 0.6) is 0 Å². The van der Waals surface area contributed by atoms with Crippen LogP contribution in [0.1, 0.15) is 51.9 Å². The number of likely N-dealkylation sites (tertiary alicyclic amines) is 1. The van der Waals surface area contributed by atoms with Crippen LogP contribution in [0.3, 0.4) is 0 Å². The Hall–Kier alpha value is -0.830. The summed E-state index contributed by atoms with van der Waals surface area (Å²) < 4.78 is 0. The van der Waals surface area contributed by atoms with E-state index in [0.29, 0.717) is 12.0 Å². The molecule has 2 fully saturated rings. The van der Waals surface area contributed by atoms with Crippen molar-refractivity contribution in [3.05, 3.63) is 11.6 Å². The molecule has 0 radical (unpaired) electrons. The Balaban J connectivity index is 1.97. The summed E-state index contributed by atoms with van der Waals surface area (Å²) in [4.78, 5) is 13.5. The molecule has 0 unspecified atom stereocenters. The van der Waals surface area contributed by atoms with Gasteiger partial charge < -0.3 is 5.11 Å². The fraction of sp³-hybridized carbons (Fsp3) is 0.800. The van der Waals surface area contributed by atoms with Crippen molar-refractivity contribution in [1.29, 1.82) is 0 Å². The Kier molecular flexibility index (Phi) is 4.81. The number of hydrogen-bond acceptors (Lipinski definition) is 2. The number of hydrogen-bond donors (Lipinski definition) is 1. The van der Waals surface area contributed by atoms with Crippen molar-refractivity contribution < 1.29 is 9.90 Å². The van der Waals surface area contributed by atoms with Gasteiger partial charge in [0, 0.05) is 18.2 Å². The van der Waals surface area contributed by atoms with Crippen LogP contribution in [0.2, 0.25) is 0 Å². The molecule has 102 valence electrons. The molecular weight excluding hydrogens is 226 g/mol. The molecule has 0 spiro atoms. The first kappa shape index (κ1) is 13.6. The second-order valence-electron chi connectivity index (χ2n) is 5.64. The van der Waals surface area contributed by atoms with Gasteiger partial charge in [-0.3, -0.25) is 4.90 Å². The summed E-state index contributed by atoms with van der Waals surface area (Å²) >= 11 is 0. The first-order valence-corrected chi connectivity index (χ1v) is 7.38. The van der Waals surface area contributed by atoms with Crippen molar-refractivity contribution in [3.8, 4) is 0 Å². The predicted octanol–water partition coefficient (Wildman–Crippen LogP) is 3.06. The summed E-state index contributed by atoms with van der Waals surface area (Å²) in [6.07, 6.45) is 10.6. The van der Waals surface area contributed by atoms with Crippen LogP contribution in [0.4, 0.5) is 0 Å². The lowest BCUT2D eigenvalue weighted by atomic mass is 9.78. The zero-order chi connectivity index (χ0) is 13.0. The molecule has 0 amide bonds. The SMILES string of the molecule is CCC(=CCN1CCC[C@H]2CCCC[C@H]21)C(=O)O. The topological polar surface area (TPSA) is 40.5 Å². The van der Waals surface area contributed by atoms with Gasteiger partial charge in [-0.05, 0) is 44.6 Å². The quantitative estimate of drug-likeness (QED) is 0.781. The van der Waals surface area contributed by atoms with E-state index in [0.717, 1.165) is 25.0 Å². The van der Waals surface area contributed by atoms with Gasteiger partial charge >= 0.3 is 5.97 Å². The predicted molar refractivity (Wildman–Crippen MR) is 72.6 cm³/mol. The monoisotopic (exact) mass is 251 g/mol. The molecule has 2 rings (SSSR count). The van der Waals surface area contributed by atoms with E-state index >= 15 is 0 Å². The fourth-order valence-corrected chi connectivity index (χ4v) is 3.56. The van der Waals surface area contributed by atoms with E-state index in [1.54, 1.807) is 0 Å². The third-order valence-electron chi connectivity index (χ3n) is 4.59. The molecule has 2 aliphatic rings. The Bertz CT molecular complexity index is 322. The van der Waals surface area contributed by atoms with E-state index < -0.39 is 5.97 Å². The van der Waals surface area contributed by atoms with Gasteiger partial charge in [-0.25, -0.2) is 4.79 Å². The number of piperidine rings is 1. The highest BCUT2D eigenvalue weighted by Crippen LogP contribution is 2.35. The highest BCUT2D eigenvalue weighted by atomic mass is 16.4. The molecule has 0 bridgehead atoms. The Morgan fingerprint density at radius 3 is 2.72 bits per heavy atom. The Morgan fingerprint density at radius 2 is 2.00 bits per heavy atom. The van der Waals surface area contributed by atoms with E-state index in [2.05, 4.69) is 4.90 Å². The van der Waals surface area contributed by atoms with Crippen LogP contribution >= 0.6 is 0 Å². The third kappa shape index (κ3) is 3.14. The minimum atomic E-state index is -0.755. The molecule has 1 saturated heterocycles. The van der Waals surface area contributed by atoms with Gasteiger partial charge in [-0.15, -0.1) is 0 Å². The smallest absolute Gasteiger partial charge is 0.331 e. The van der Waals surface area contributed by atoms with Gasteiger partial charge in [-0.1, -0.05) is 25.8 Å². The summed E-state index contributed by atoms with van der Waals surface area (Å²) in [7, 11) is 0. The van der Waals surface area contributed by atoms with Crippen molar-refractivity contribution in [2.24, 2.45) is 5.92 Å². The average molecular weight is 251 g/mol. The second kappa shape index (κ2) is 6.37. The first-order chi connectivity index (χ1) is 8.72. The van der Waals surface area contributed by atoms with Gasteiger partial charge in [0.15, 0.2) is 0 Å². The molecule has 1 N–H and O–H groups in total. The van der Waals surface area contributed by atoms with Crippen LogP contribution in [-0.2, 0) is 4.79 Å². The van der Waals surface area contributed by atoms with Gasteiger partial charge in [0.25, 0.3) is 0 Å². The lowest BCUT2D eigenvalue weighted by Crippen LogP contribution is -2.46. The van der Waals surface area contributed by atoms with Crippen molar-refractivity contribution in [2.45, 2.75) is 57.9 Å². The summed E-state index contributed by atoms with van der Waals surface area (Å²) in [5.41, 5.74) is 0.563. The first-order valence-electron chi connectivity index (χ1n) is 7.38. The highest BCUT2D eigenvalue weighted by molar-refractivity contribution is 5.86. The molecule has 0 aromatic heterocycles. The van der Waals surface area contributed by atoms with Crippen LogP contribution < -0.4 is 0 Å². The van der Waals surface area contributed by atoms with E-state index in [1.807, 2.05) is 13.0 Å². The average Bonchev–Trinajstić information content (AvgIpc) is 2.39. The van der Waals surface area contributed by atoms with Gasteiger partial charge in [0.05, 0.1) is 0 Å². The number of aliphatic carboxylic acids is 1. The number of nitrogens with zero attached hydrogens (tertiary/aromatic N) is 1. The van der Waals surface area contributed by atoms with Crippen LogP contribution in [-0.4, -0.2) is 35.1 Å². The number of rotatable bonds is 4. The van der Waals surface area contributed by atoms with E-state index in [9.17, 15) is 4.79 Å².